The summed E-state index contributed by atoms with van der Waals surface area (Å²) in [7, 11) is 0. The van der Waals surface area contributed by atoms with Gasteiger partial charge in [-0.1, -0.05) is 6.92 Å². The van der Waals surface area contributed by atoms with Crippen molar-refractivity contribution in [2.45, 2.75) is 38.3 Å². The van der Waals surface area contributed by atoms with Crippen LogP contribution in [0.25, 0.3) is 0 Å². The Hall–Kier alpha value is -1.10. The van der Waals surface area contributed by atoms with Crippen LogP contribution in [0.5, 0.6) is 0 Å². The molecule has 0 aromatic rings. The van der Waals surface area contributed by atoms with E-state index in [9.17, 15) is 9.59 Å². The van der Waals surface area contributed by atoms with E-state index >= 15 is 0 Å². The predicted octanol–water partition coefficient (Wildman–Crippen LogP) is -0.621. The van der Waals surface area contributed by atoms with Crippen molar-refractivity contribution in [3.63, 3.8) is 0 Å². The van der Waals surface area contributed by atoms with E-state index < -0.39 is 0 Å². The molecule has 2 aliphatic heterocycles. The van der Waals surface area contributed by atoms with Gasteiger partial charge in [-0.3, -0.25) is 9.59 Å². The first-order chi connectivity index (χ1) is 7.65. The summed E-state index contributed by atoms with van der Waals surface area (Å²) in [5, 5.41) is 8.84. The smallest absolute Gasteiger partial charge is 0.237 e. The Morgan fingerprint density at radius 2 is 2.31 bits per heavy atom. The van der Waals surface area contributed by atoms with Crippen LogP contribution in [0.15, 0.2) is 0 Å². The van der Waals surface area contributed by atoms with E-state index in [0.717, 1.165) is 19.4 Å². The van der Waals surface area contributed by atoms with Crippen molar-refractivity contribution in [3.8, 4) is 0 Å². The highest BCUT2D eigenvalue weighted by Crippen LogP contribution is 2.15. The number of amides is 2. The second kappa shape index (κ2) is 4.82. The van der Waals surface area contributed by atoms with Crippen molar-refractivity contribution in [3.05, 3.63) is 0 Å². The summed E-state index contributed by atoms with van der Waals surface area (Å²) in [4.78, 5) is 22.9. The summed E-state index contributed by atoms with van der Waals surface area (Å²) in [5.74, 6) is 0.656. The molecule has 0 aliphatic carbocycles. The Bertz CT molecular complexity index is 293. The zero-order valence-corrected chi connectivity index (χ0v) is 9.58. The zero-order chi connectivity index (χ0) is 11.5. The number of hydrogen-bond donors (Lipinski definition) is 3. The summed E-state index contributed by atoms with van der Waals surface area (Å²) >= 11 is 0. The summed E-state index contributed by atoms with van der Waals surface area (Å²) in [6.07, 6.45) is 2.43. The Labute approximate surface area is 95.3 Å². The monoisotopic (exact) mass is 225 g/mol. The molecule has 2 saturated heterocycles. The van der Waals surface area contributed by atoms with E-state index in [4.69, 9.17) is 0 Å². The zero-order valence-electron chi connectivity index (χ0n) is 9.58. The Kier molecular flexibility index (Phi) is 3.43. The average Bonchev–Trinajstić information content (AvgIpc) is 2.64. The molecule has 0 aromatic heterocycles. The van der Waals surface area contributed by atoms with E-state index in [-0.39, 0.29) is 23.9 Å². The van der Waals surface area contributed by atoms with E-state index in [1.807, 2.05) is 0 Å². The molecule has 3 atom stereocenters. The number of carbonyl (C=O) groups excluding carboxylic acids is 2. The molecule has 5 heteroatoms. The predicted molar refractivity (Wildman–Crippen MR) is 59.7 cm³/mol. The minimum atomic E-state index is -0.0838. The van der Waals surface area contributed by atoms with E-state index in [2.05, 4.69) is 22.9 Å². The first-order valence-corrected chi connectivity index (χ1v) is 5.95. The fourth-order valence-electron chi connectivity index (χ4n) is 2.32. The number of carbonyl (C=O) groups is 2. The average molecular weight is 225 g/mol. The van der Waals surface area contributed by atoms with E-state index in [1.165, 1.54) is 0 Å². The largest absolute Gasteiger partial charge is 0.354 e. The van der Waals surface area contributed by atoms with Gasteiger partial charge in [0.05, 0.1) is 12.1 Å². The summed E-state index contributed by atoms with van der Waals surface area (Å²) in [5.41, 5.74) is 0. The lowest BCUT2D eigenvalue weighted by Crippen LogP contribution is -2.51. The first kappa shape index (κ1) is 11.4. The van der Waals surface area contributed by atoms with Crippen molar-refractivity contribution in [2.75, 3.05) is 13.1 Å². The molecule has 2 fully saturated rings. The molecule has 0 bridgehead atoms. The molecule has 3 unspecified atom stereocenters. The van der Waals surface area contributed by atoms with Crippen LogP contribution in [-0.4, -0.2) is 37.0 Å². The Balaban J connectivity index is 1.80. The van der Waals surface area contributed by atoms with Gasteiger partial charge in [-0.25, -0.2) is 0 Å². The lowest BCUT2D eigenvalue weighted by Gasteiger charge is -2.28. The summed E-state index contributed by atoms with van der Waals surface area (Å²) in [6.45, 7) is 3.63. The van der Waals surface area contributed by atoms with Gasteiger partial charge in [-0.15, -0.1) is 0 Å². The number of hydrogen-bond acceptors (Lipinski definition) is 3. The third-order valence-corrected chi connectivity index (χ3v) is 3.31. The van der Waals surface area contributed by atoms with Gasteiger partial charge in [0.25, 0.3) is 0 Å². The van der Waals surface area contributed by atoms with Crippen molar-refractivity contribution in [1.82, 2.24) is 16.0 Å². The number of piperidine rings is 1. The minimum absolute atomic E-state index is 0.0234. The molecular weight excluding hydrogens is 206 g/mol. The fraction of sp³-hybridized carbons (Fsp3) is 0.818. The van der Waals surface area contributed by atoms with Gasteiger partial charge >= 0.3 is 0 Å². The molecule has 5 nitrogen and oxygen atoms in total. The molecule has 0 radical (unpaired) electrons. The molecule has 0 saturated carbocycles. The van der Waals surface area contributed by atoms with Gasteiger partial charge < -0.3 is 16.0 Å². The highest BCUT2D eigenvalue weighted by molar-refractivity contribution is 5.84. The molecule has 90 valence electrons. The van der Waals surface area contributed by atoms with Crippen LogP contribution in [0.4, 0.5) is 0 Å². The van der Waals surface area contributed by atoms with Crippen molar-refractivity contribution in [1.29, 1.82) is 0 Å². The van der Waals surface area contributed by atoms with Crippen LogP contribution in [0.3, 0.4) is 0 Å². The van der Waals surface area contributed by atoms with Gasteiger partial charge in [0.15, 0.2) is 0 Å². The topological polar surface area (TPSA) is 70.2 Å². The SMILES string of the molecule is CC1CCNC(C(=O)NC2CNC(=O)C2)C1. The van der Waals surface area contributed by atoms with E-state index in [0.29, 0.717) is 18.9 Å². The van der Waals surface area contributed by atoms with Crippen LogP contribution in [0, 0.1) is 5.92 Å². The third-order valence-electron chi connectivity index (χ3n) is 3.31. The quantitative estimate of drug-likeness (QED) is 0.586. The highest BCUT2D eigenvalue weighted by atomic mass is 16.2. The Morgan fingerprint density at radius 1 is 1.50 bits per heavy atom. The molecule has 3 N–H and O–H groups in total. The van der Waals surface area contributed by atoms with E-state index in [1.54, 1.807) is 0 Å². The molecule has 2 amide bonds. The molecule has 2 aliphatic rings. The molecule has 0 aromatic carbocycles. The van der Waals surface area contributed by atoms with Crippen LogP contribution in [-0.2, 0) is 9.59 Å². The van der Waals surface area contributed by atoms with Crippen molar-refractivity contribution < 1.29 is 9.59 Å². The molecule has 2 rings (SSSR count). The normalized spacial score (nSPS) is 34.6. The first-order valence-electron chi connectivity index (χ1n) is 5.95. The standard InChI is InChI=1S/C11H19N3O2/c1-7-2-3-12-9(4-7)11(16)14-8-5-10(15)13-6-8/h7-9,12H,2-6H2,1H3,(H,13,15)(H,14,16). The van der Waals surface area contributed by atoms with Gasteiger partial charge in [-0.2, -0.15) is 0 Å². The second-order valence-electron chi connectivity index (χ2n) is 4.85. The van der Waals surface area contributed by atoms with Crippen LogP contribution in [0.2, 0.25) is 0 Å². The Morgan fingerprint density at radius 3 is 2.94 bits per heavy atom. The van der Waals surface area contributed by atoms with Gasteiger partial charge in [0, 0.05) is 13.0 Å². The maximum absolute atomic E-state index is 11.9. The molecule has 2 heterocycles. The fourth-order valence-corrected chi connectivity index (χ4v) is 2.32. The minimum Gasteiger partial charge on any atom is -0.354 e. The third kappa shape index (κ3) is 2.72. The number of rotatable bonds is 2. The number of nitrogens with one attached hydrogen (secondary N) is 3. The van der Waals surface area contributed by atoms with Gasteiger partial charge in [0.2, 0.25) is 11.8 Å². The highest BCUT2D eigenvalue weighted by Gasteiger charge is 2.28. The van der Waals surface area contributed by atoms with Crippen molar-refractivity contribution in [2.24, 2.45) is 5.92 Å². The van der Waals surface area contributed by atoms with Gasteiger partial charge in [-0.05, 0) is 25.3 Å². The maximum Gasteiger partial charge on any atom is 0.237 e. The van der Waals surface area contributed by atoms with Crippen LogP contribution >= 0.6 is 0 Å². The summed E-state index contributed by atoms with van der Waals surface area (Å²) < 4.78 is 0. The molecule has 16 heavy (non-hydrogen) atoms. The van der Waals surface area contributed by atoms with Crippen LogP contribution in [0.1, 0.15) is 26.2 Å². The van der Waals surface area contributed by atoms with Crippen LogP contribution < -0.4 is 16.0 Å². The maximum atomic E-state index is 11.9. The second-order valence-corrected chi connectivity index (χ2v) is 4.85. The molecular formula is C11H19N3O2. The summed E-state index contributed by atoms with van der Waals surface area (Å²) in [6, 6.07) is -0.113. The van der Waals surface area contributed by atoms with Crippen molar-refractivity contribution >= 4 is 11.8 Å². The lowest BCUT2D eigenvalue weighted by molar-refractivity contribution is -0.124. The lowest BCUT2D eigenvalue weighted by atomic mass is 9.94. The van der Waals surface area contributed by atoms with Gasteiger partial charge in [0.1, 0.15) is 0 Å². The molecule has 0 spiro atoms.